The summed E-state index contributed by atoms with van der Waals surface area (Å²) in [6, 6.07) is 4.69. The second-order valence-electron chi connectivity index (χ2n) is 4.20. The Morgan fingerprint density at radius 3 is 2.67 bits per heavy atom. The molecular weight excluding hydrogens is 280 g/mol. The first-order valence-corrected chi connectivity index (χ1v) is 6.67. The van der Waals surface area contributed by atoms with Crippen molar-refractivity contribution in [2.75, 3.05) is 20.7 Å². The fraction of sp³-hybridized carbons (Fsp3) is 0.500. The van der Waals surface area contributed by atoms with E-state index in [0.717, 1.165) is 13.0 Å². The number of benzene rings is 1. The lowest BCUT2D eigenvalue weighted by Gasteiger charge is -2.15. The van der Waals surface area contributed by atoms with Crippen molar-refractivity contribution >= 4 is 5.96 Å². The Morgan fingerprint density at radius 2 is 2.10 bits per heavy atom. The average Bonchev–Trinajstić information content (AvgIpc) is 2.48. The maximum Gasteiger partial charge on any atom is 0.387 e. The minimum Gasteiger partial charge on any atom is -0.497 e. The number of ether oxygens (including phenoxy) is 2. The lowest BCUT2D eigenvalue weighted by Crippen LogP contribution is -2.37. The van der Waals surface area contributed by atoms with Crippen LogP contribution in [0.5, 0.6) is 11.5 Å². The summed E-state index contributed by atoms with van der Waals surface area (Å²) in [6.07, 6.45) is 0.958. The first-order valence-electron chi connectivity index (χ1n) is 6.67. The Kier molecular flexibility index (Phi) is 7.28. The number of aliphatic imine (C=N–C) groups is 1. The normalized spacial score (nSPS) is 11.4. The molecule has 118 valence electrons. The predicted molar refractivity (Wildman–Crippen MR) is 78.1 cm³/mol. The third kappa shape index (κ3) is 5.85. The van der Waals surface area contributed by atoms with Crippen LogP contribution in [0.4, 0.5) is 8.78 Å². The number of hydrogen-bond acceptors (Lipinski definition) is 3. The van der Waals surface area contributed by atoms with Gasteiger partial charge in [-0.2, -0.15) is 8.78 Å². The molecule has 21 heavy (non-hydrogen) atoms. The van der Waals surface area contributed by atoms with Crippen LogP contribution in [0.25, 0.3) is 0 Å². The highest BCUT2D eigenvalue weighted by atomic mass is 19.3. The minimum absolute atomic E-state index is 0.115. The van der Waals surface area contributed by atoms with Gasteiger partial charge in [-0.1, -0.05) is 6.92 Å². The molecule has 0 aliphatic rings. The third-order valence-electron chi connectivity index (χ3n) is 2.70. The highest BCUT2D eigenvalue weighted by Crippen LogP contribution is 2.25. The van der Waals surface area contributed by atoms with Gasteiger partial charge in [0, 0.05) is 25.7 Å². The van der Waals surface area contributed by atoms with Crippen molar-refractivity contribution in [2.45, 2.75) is 26.5 Å². The van der Waals surface area contributed by atoms with Gasteiger partial charge in [-0.15, -0.1) is 0 Å². The largest absolute Gasteiger partial charge is 0.497 e. The van der Waals surface area contributed by atoms with E-state index in [1.807, 2.05) is 6.92 Å². The second-order valence-corrected chi connectivity index (χ2v) is 4.20. The van der Waals surface area contributed by atoms with Crippen LogP contribution in [0, 0.1) is 0 Å². The van der Waals surface area contributed by atoms with E-state index in [-0.39, 0.29) is 5.75 Å². The van der Waals surface area contributed by atoms with Gasteiger partial charge in [-0.05, 0) is 24.6 Å². The quantitative estimate of drug-likeness (QED) is 0.600. The number of nitrogens with zero attached hydrogens (tertiary/aromatic N) is 1. The summed E-state index contributed by atoms with van der Waals surface area (Å²) < 4.78 is 34.4. The first kappa shape index (κ1) is 17.0. The summed E-state index contributed by atoms with van der Waals surface area (Å²) in [7, 11) is 3.16. The molecule has 0 radical (unpaired) electrons. The molecule has 1 aromatic rings. The van der Waals surface area contributed by atoms with Crippen LogP contribution in [0.1, 0.15) is 18.9 Å². The summed E-state index contributed by atoms with van der Waals surface area (Å²) in [4.78, 5) is 4.05. The van der Waals surface area contributed by atoms with E-state index < -0.39 is 6.61 Å². The number of guanidine groups is 1. The molecule has 0 aliphatic carbocycles. The van der Waals surface area contributed by atoms with Gasteiger partial charge in [-0.25, -0.2) is 0 Å². The number of methoxy groups -OCH3 is 1. The van der Waals surface area contributed by atoms with Crippen molar-refractivity contribution in [1.82, 2.24) is 10.6 Å². The van der Waals surface area contributed by atoms with Gasteiger partial charge < -0.3 is 20.1 Å². The van der Waals surface area contributed by atoms with E-state index in [1.165, 1.54) is 13.2 Å². The molecule has 0 saturated carbocycles. The van der Waals surface area contributed by atoms with Crippen LogP contribution >= 0.6 is 0 Å². The lowest BCUT2D eigenvalue weighted by molar-refractivity contribution is -0.0504. The van der Waals surface area contributed by atoms with Crippen LogP contribution < -0.4 is 20.1 Å². The minimum atomic E-state index is -2.87. The highest BCUT2D eigenvalue weighted by molar-refractivity contribution is 5.79. The van der Waals surface area contributed by atoms with Crippen molar-refractivity contribution in [3.8, 4) is 11.5 Å². The van der Waals surface area contributed by atoms with Gasteiger partial charge >= 0.3 is 6.61 Å². The molecule has 0 amide bonds. The van der Waals surface area contributed by atoms with Crippen LogP contribution in [0.3, 0.4) is 0 Å². The van der Waals surface area contributed by atoms with E-state index in [0.29, 0.717) is 23.8 Å². The maximum atomic E-state index is 12.4. The number of rotatable bonds is 7. The SMILES string of the molecule is CCCNC(=NC)NCc1cc(OC)ccc1OC(F)F. The van der Waals surface area contributed by atoms with E-state index in [9.17, 15) is 8.78 Å². The fourth-order valence-electron chi connectivity index (χ4n) is 1.67. The Hall–Kier alpha value is -2.05. The first-order chi connectivity index (χ1) is 10.1. The van der Waals surface area contributed by atoms with Gasteiger partial charge in [0.25, 0.3) is 0 Å². The molecule has 0 fully saturated rings. The van der Waals surface area contributed by atoms with Crippen molar-refractivity contribution in [3.63, 3.8) is 0 Å². The number of alkyl halides is 2. The molecule has 1 rings (SSSR count). The van der Waals surface area contributed by atoms with Crippen molar-refractivity contribution < 1.29 is 18.3 Å². The summed E-state index contributed by atoms with van der Waals surface area (Å²) in [5, 5.41) is 6.14. The van der Waals surface area contributed by atoms with Crippen LogP contribution in [-0.2, 0) is 6.54 Å². The highest BCUT2D eigenvalue weighted by Gasteiger charge is 2.11. The smallest absolute Gasteiger partial charge is 0.387 e. The van der Waals surface area contributed by atoms with Gasteiger partial charge in [0.1, 0.15) is 11.5 Å². The summed E-state index contributed by atoms with van der Waals surface area (Å²) in [6.45, 7) is 0.243. The molecule has 0 aromatic heterocycles. The molecule has 0 unspecified atom stereocenters. The summed E-state index contributed by atoms with van der Waals surface area (Å²) in [5.74, 6) is 1.29. The van der Waals surface area contributed by atoms with Gasteiger partial charge in [0.15, 0.2) is 5.96 Å². The lowest BCUT2D eigenvalue weighted by atomic mass is 10.2. The Labute approximate surface area is 123 Å². The number of hydrogen-bond donors (Lipinski definition) is 2. The maximum absolute atomic E-state index is 12.4. The number of halogens is 2. The molecule has 0 heterocycles. The summed E-state index contributed by atoms with van der Waals surface area (Å²) in [5.41, 5.74) is 0.564. The Bertz CT molecular complexity index is 468. The van der Waals surface area contributed by atoms with Crippen LogP contribution in [0.2, 0.25) is 0 Å². The molecule has 2 N–H and O–H groups in total. The zero-order valence-corrected chi connectivity index (χ0v) is 12.5. The van der Waals surface area contributed by atoms with Crippen molar-refractivity contribution in [3.05, 3.63) is 23.8 Å². The molecule has 0 aliphatic heterocycles. The van der Waals surface area contributed by atoms with Crippen molar-refractivity contribution in [1.29, 1.82) is 0 Å². The second kappa shape index (κ2) is 8.99. The number of nitrogens with one attached hydrogen (secondary N) is 2. The predicted octanol–water partition coefficient (Wildman–Crippen LogP) is 2.37. The molecule has 7 heteroatoms. The Morgan fingerprint density at radius 1 is 1.33 bits per heavy atom. The topological polar surface area (TPSA) is 54.9 Å². The van der Waals surface area contributed by atoms with E-state index in [4.69, 9.17) is 4.74 Å². The van der Waals surface area contributed by atoms with Crippen molar-refractivity contribution in [2.24, 2.45) is 4.99 Å². The molecular formula is C14H21F2N3O2. The molecule has 1 aromatic carbocycles. The van der Waals surface area contributed by atoms with E-state index in [2.05, 4.69) is 20.4 Å². The van der Waals surface area contributed by atoms with Crippen LogP contribution in [-0.4, -0.2) is 33.3 Å². The van der Waals surface area contributed by atoms with E-state index >= 15 is 0 Å². The zero-order chi connectivity index (χ0) is 15.7. The van der Waals surface area contributed by atoms with Gasteiger partial charge in [0.2, 0.25) is 0 Å². The average molecular weight is 301 g/mol. The monoisotopic (exact) mass is 301 g/mol. The standard InChI is InChI=1S/C14H21F2N3O2/c1-4-7-18-14(17-2)19-9-10-8-11(20-3)5-6-12(10)21-13(15)16/h5-6,8,13H,4,7,9H2,1-3H3,(H2,17,18,19). The molecule has 0 atom stereocenters. The van der Waals surface area contributed by atoms with E-state index in [1.54, 1.807) is 19.2 Å². The Balaban J connectivity index is 2.78. The molecule has 0 bridgehead atoms. The third-order valence-corrected chi connectivity index (χ3v) is 2.70. The van der Waals surface area contributed by atoms with Crippen LogP contribution in [0.15, 0.2) is 23.2 Å². The van der Waals surface area contributed by atoms with Gasteiger partial charge in [0.05, 0.1) is 7.11 Å². The molecule has 0 spiro atoms. The fourth-order valence-corrected chi connectivity index (χ4v) is 1.67. The molecule has 5 nitrogen and oxygen atoms in total. The van der Waals surface area contributed by atoms with Gasteiger partial charge in [-0.3, -0.25) is 4.99 Å². The zero-order valence-electron chi connectivity index (χ0n) is 12.5. The molecule has 0 saturated heterocycles. The summed E-state index contributed by atoms with van der Waals surface area (Å²) >= 11 is 0.